The van der Waals surface area contributed by atoms with E-state index in [9.17, 15) is 8.42 Å². The lowest BCUT2D eigenvalue weighted by atomic mass is 9.99. The molecule has 0 spiro atoms. The van der Waals surface area contributed by atoms with Gasteiger partial charge in [0.1, 0.15) is 4.90 Å². The minimum atomic E-state index is -3.77. The Morgan fingerprint density at radius 1 is 1.37 bits per heavy atom. The zero-order valence-electron chi connectivity index (χ0n) is 11.2. The number of para-hydroxylation sites is 1. The molecular formula is C13H21N3O2S. The molecule has 5 nitrogen and oxygen atoms in total. The number of hydrogen-bond acceptors (Lipinski definition) is 4. The van der Waals surface area contributed by atoms with Crippen molar-refractivity contribution in [3.05, 3.63) is 18.2 Å². The van der Waals surface area contributed by atoms with E-state index >= 15 is 0 Å². The summed E-state index contributed by atoms with van der Waals surface area (Å²) in [4.78, 5) is 2.23. The van der Waals surface area contributed by atoms with Crippen molar-refractivity contribution in [2.45, 2.75) is 43.5 Å². The maximum atomic E-state index is 11.5. The summed E-state index contributed by atoms with van der Waals surface area (Å²) >= 11 is 0. The van der Waals surface area contributed by atoms with Gasteiger partial charge in [-0.25, -0.2) is 13.6 Å². The van der Waals surface area contributed by atoms with Crippen LogP contribution in [-0.2, 0) is 10.0 Å². The van der Waals surface area contributed by atoms with Gasteiger partial charge in [-0.2, -0.15) is 0 Å². The first-order valence-electron chi connectivity index (χ1n) is 6.63. The van der Waals surface area contributed by atoms with Gasteiger partial charge in [-0.15, -0.1) is 0 Å². The molecule has 0 aromatic heterocycles. The number of rotatable bonds is 3. The Morgan fingerprint density at radius 3 is 2.74 bits per heavy atom. The lowest BCUT2D eigenvalue weighted by Crippen LogP contribution is -2.39. The van der Waals surface area contributed by atoms with Crippen LogP contribution < -0.4 is 15.8 Å². The first-order valence-corrected chi connectivity index (χ1v) is 8.17. The van der Waals surface area contributed by atoms with Crippen LogP contribution in [0.1, 0.15) is 32.6 Å². The molecule has 1 aromatic carbocycles. The first kappa shape index (κ1) is 14.1. The second kappa shape index (κ2) is 5.38. The molecule has 6 heteroatoms. The minimum absolute atomic E-state index is 0.0189. The second-order valence-corrected chi connectivity index (χ2v) is 6.52. The molecular weight excluding hydrogens is 262 g/mol. The third-order valence-corrected chi connectivity index (χ3v) is 4.73. The fourth-order valence-corrected chi connectivity index (χ4v) is 3.45. The zero-order chi connectivity index (χ0) is 14.0. The summed E-state index contributed by atoms with van der Waals surface area (Å²) in [5.74, 6) is 0. The Labute approximate surface area is 114 Å². The van der Waals surface area contributed by atoms with Crippen molar-refractivity contribution in [2.24, 2.45) is 5.14 Å². The van der Waals surface area contributed by atoms with Gasteiger partial charge in [0.15, 0.2) is 0 Å². The molecule has 0 radical (unpaired) electrons. The van der Waals surface area contributed by atoms with Gasteiger partial charge in [-0.3, -0.25) is 0 Å². The Bertz CT molecular complexity index is 557. The molecule has 0 saturated carbocycles. The molecule has 19 heavy (non-hydrogen) atoms. The van der Waals surface area contributed by atoms with Gasteiger partial charge >= 0.3 is 0 Å². The number of primary sulfonamides is 1. The highest BCUT2D eigenvalue weighted by atomic mass is 32.2. The van der Waals surface area contributed by atoms with Gasteiger partial charge in [0.2, 0.25) is 10.0 Å². The monoisotopic (exact) mass is 283 g/mol. The average molecular weight is 283 g/mol. The molecule has 1 heterocycles. The van der Waals surface area contributed by atoms with E-state index in [2.05, 4.69) is 11.8 Å². The van der Waals surface area contributed by atoms with Gasteiger partial charge in [0.25, 0.3) is 0 Å². The largest absolute Gasteiger partial charge is 0.396 e. The van der Waals surface area contributed by atoms with Gasteiger partial charge in [0.05, 0.1) is 11.4 Å². The van der Waals surface area contributed by atoms with E-state index < -0.39 is 10.0 Å². The highest BCUT2D eigenvalue weighted by Gasteiger charge is 2.25. The molecule has 1 atom stereocenters. The van der Waals surface area contributed by atoms with Crippen LogP contribution >= 0.6 is 0 Å². The molecule has 1 aliphatic heterocycles. The minimum Gasteiger partial charge on any atom is -0.396 e. The van der Waals surface area contributed by atoms with E-state index in [-0.39, 0.29) is 10.6 Å². The number of nitrogens with two attached hydrogens (primary N) is 2. The maximum absolute atomic E-state index is 11.5. The number of nitrogens with zero attached hydrogens (tertiary/aromatic N) is 1. The third kappa shape index (κ3) is 2.84. The van der Waals surface area contributed by atoms with Crippen molar-refractivity contribution in [2.75, 3.05) is 17.2 Å². The molecule has 0 bridgehead atoms. The molecule has 0 aliphatic carbocycles. The Morgan fingerprint density at radius 2 is 2.11 bits per heavy atom. The van der Waals surface area contributed by atoms with E-state index in [1.165, 1.54) is 12.5 Å². The van der Waals surface area contributed by atoms with Crippen LogP contribution in [0.3, 0.4) is 0 Å². The average Bonchev–Trinajstić information content (AvgIpc) is 2.37. The van der Waals surface area contributed by atoms with E-state index in [4.69, 9.17) is 10.9 Å². The number of anilines is 2. The first-order chi connectivity index (χ1) is 8.95. The smallest absolute Gasteiger partial charge is 0.240 e. The van der Waals surface area contributed by atoms with Crippen LogP contribution in [0.2, 0.25) is 0 Å². The zero-order valence-corrected chi connectivity index (χ0v) is 12.0. The summed E-state index contributed by atoms with van der Waals surface area (Å²) in [7, 11) is -3.77. The van der Waals surface area contributed by atoms with Gasteiger partial charge in [0, 0.05) is 12.6 Å². The normalized spacial score (nSPS) is 20.5. The van der Waals surface area contributed by atoms with E-state index in [1.54, 1.807) is 6.07 Å². The van der Waals surface area contributed by atoms with Crippen molar-refractivity contribution in [1.82, 2.24) is 0 Å². The van der Waals surface area contributed by atoms with Crippen LogP contribution in [-0.4, -0.2) is 21.0 Å². The highest BCUT2D eigenvalue weighted by molar-refractivity contribution is 7.89. The SMILES string of the molecule is CCC1CCCCN1c1cccc(S(N)(=O)=O)c1N. The topological polar surface area (TPSA) is 89.4 Å². The third-order valence-electron chi connectivity index (χ3n) is 3.76. The van der Waals surface area contributed by atoms with E-state index in [0.29, 0.717) is 6.04 Å². The predicted octanol–water partition coefficient (Wildman–Crippen LogP) is 1.69. The molecule has 1 unspecified atom stereocenters. The summed E-state index contributed by atoms with van der Waals surface area (Å²) in [6.45, 7) is 3.06. The van der Waals surface area contributed by atoms with Crippen LogP contribution in [0, 0.1) is 0 Å². The Kier molecular flexibility index (Phi) is 4.01. The van der Waals surface area contributed by atoms with Crippen LogP contribution in [0.15, 0.2) is 23.1 Å². The number of sulfonamides is 1. The quantitative estimate of drug-likeness (QED) is 0.826. The molecule has 2 rings (SSSR count). The maximum Gasteiger partial charge on any atom is 0.240 e. The van der Waals surface area contributed by atoms with Gasteiger partial charge in [-0.05, 0) is 37.8 Å². The van der Waals surface area contributed by atoms with E-state index in [1.807, 2.05) is 6.07 Å². The molecule has 1 saturated heterocycles. The van der Waals surface area contributed by atoms with Crippen molar-refractivity contribution < 1.29 is 8.42 Å². The van der Waals surface area contributed by atoms with Crippen molar-refractivity contribution in [1.29, 1.82) is 0 Å². The van der Waals surface area contributed by atoms with Crippen molar-refractivity contribution in [3.63, 3.8) is 0 Å². The summed E-state index contributed by atoms with van der Waals surface area (Å²) in [5, 5.41) is 5.20. The van der Waals surface area contributed by atoms with Crippen LogP contribution in [0.5, 0.6) is 0 Å². The predicted molar refractivity (Wildman–Crippen MR) is 77.5 cm³/mol. The highest BCUT2D eigenvalue weighted by Crippen LogP contribution is 2.34. The van der Waals surface area contributed by atoms with Crippen LogP contribution in [0.4, 0.5) is 11.4 Å². The summed E-state index contributed by atoms with van der Waals surface area (Å²) < 4.78 is 23.0. The van der Waals surface area contributed by atoms with Crippen molar-refractivity contribution >= 4 is 21.4 Å². The molecule has 0 amide bonds. The second-order valence-electron chi connectivity index (χ2n) is 4.99. The number of benzene rings is 1. The summed E-state index contributed by atoms with van der Waals surface area (Å²) in [6.07, 6.45) is 4.47. The standard InChI is InChI=1S/C13H21N3O2S/c1-2-10-6-3-4-9-16(10)11-7-5-8-12(13(11)14)19(15,17)18/h5,7-8,10H,2-4,6,9,14H2,1H3,(H2,15,17,18). The van der Waals surface area contributed by atoms with Crippen LogP contribution in [0.25, 0.3) is 0 Å². The van der Waals surface area contributed by atoms with Gasteiger partial charge in [-0.1, -0.05) is 13.0 Å². The number of hydrogen-bond donors (Lipinski definition) is 2. The number of nitrogen functional groups attached to an aromatic ring is 1. The molecule has 106 valence electrons. The Hall–Kier alpha value is -1.27. The van der Waals surface area contributed by atoms with Crippen molar-refractivity contribution in [3.8, 4) is 0 Å². The fourth-order valence-electron chi connectivity index (χ4n) is 2.77. The Balaban J connectivity index is 2.45. The molecule has 4 N–H and O–H groups in total. The molecule has 1 fully saturated rings. The number of piperidine rings is 1. The van der Waals surface area contributed by atoms with Gasteiger partial charge < -0.3 is 10.6 Å². The lowest BCUT2D eigenvalue weighted by Gasteiger charge is -2.38. The lowest BCUT2D eigenvalue weighted by molar-refractivity contribution is 0.450. The molecule has 1 aromatic rings. The molecule has 1 aliphatic rings. The fraction of sp³-hybridized carbons (Fsp3) is 0.538. The van der Waals surface area contributed by atoms with E-state index in [0.717, 1.165) is 31.5 Å². The summed E-state index contributed by atoms with van der Waals surface area (Å²) in [5.41, 5.74) is 7.08. The summed E-state index contributed by atoms with van der Waals surface area (Å²) in [6, 6.07) is 5.45.